The molecule has 2 amide bonds. The molecule has 0 bridgehead atoms. The molecule has 40 heavy (non-hydrogen) atoms. The smallest absolute Gasteiger partial charge is 0.227 e. The molecule has 202 valence electrons. The topological polar surface area (TPSA) is 53.5 Å². The fourth-order valence-electron chi connectivity index (χ4n) is 5.86. The number of rotatable bonds is 5. The van der Waals surface area contributed by atoms with Gasteiger partial charge < -0.3 is 9.80 Å². The summed E-state index contributed by atoms with van der Waals surface area (Å²) in [5.41, 5.74) is 9.42. The third-order valence-electron chi connectivity index (χ3n) is 8.00. The molecule has 0 spiro atoms. The van der Waals surface area contributed by atoms with Crippen LogP contribution in [0.1, 0.15) is 52.0 Å². The largest absolute Gasteiger partial charge is 0.312 e. The van der Waals surface area contributed by atoms with Crippen molar-refractivity contribution in [1.82, 2.24) is 4.98 Å². The van der Waals surface area contributed by atoms with Gasteiger partial charge in [-0.2, -0.15) is 0 Å². The van der Waals surface area contributed by atoms with Crippen LogP contribution >= 0.6 is 0 Å². The lowest BCUT2D eigenvalue weighted by Gasteiger charge is -2.23. The molecule has 0 aliphatic carbocycles. The Labute approximate surface area is 236 Å². The predicted molar refractivity (Wildman–Crippen MR) is 162 cm³/mol. The van der Waals surface area contributed by atoms with Gasteiger partial charge in [-0.1, -0.05) is 75.4 Å². The first kappa shape index (κ1) is 26.0. The van der Waals surface area contributed by atoms with Gasteiger partial charge in [0.1, 0.15) is 0 Å². The number of hydrogen-bond acceptors (Lipinski definition) is 3. The van der Waals surface area contributed by atoms with Crippen molar-refractivity contribution in [2.45, 2.75) is 51.9 Å². The number of aromatic nitrogens is 1. The summed E-state index contributed by atoms with van der Waals surface area (Å²) in [4.78, 5) is 33.6. The van der Waals surface area contributed by atoms with Crippen molar-refractivity contribution in [3.8, 4) is 33.5 Å². The highest BCUT2D eigenvalue weighted by atomic mass is 16.2. The molecule has 5 nitrogen and oxygen atoms in total. The SMILES string of the molecule is CC(C)(C)c1ccccc1-c1ccc(-c2ccc(-c3cc(N4CCCC4=O)cc(N4CCCC4=O)c3)cc2)nc1. The van der Waals surface area contributed by atoms with Crippen LogP contribution in [-0.2, 0) is 15.0 Å². The van der Waals surface area contributed by atoms with Gasteiger partial charge in [-0.25, -0.2) is 0 Å². The normalized spacial score (nSPS) is 15.8. The van der Waals surface area contributed by atoms with Gasteiger partial charge >= 0.3 is 0 Å². The summed E-state index contributed by atoms with van der Waals surface area (Å²) in [7, 11) is 0. The third-order valence-corrected chi connectivity index (χ3v) is 8.00. The van der Waals surface area contributed by atoms with Gasteiger partial charge in [0.15, 0.2) is 0 Å². The number of pyridine rings is 1. The van der Waals surface area contributed by atoms with Gasteiger partial charge in [-0.15, -0.1) is 0 Å². The lowest BCUT2D eigenvalue weighted by Crippen LogP contribution is -2.26. The maximum absolute atomic E-state index is 12.5. The number of anilines is 2. The van der Waals surface area contributed by atoms with Crippen molar-refractivity contribution in [3.63, 3.8) is 0 Å². The fraction of sp³-hybridized carbons (Fsp3) is 0.286. The maximum atomic E-state index is 12.5. The van der Waals surface area contributed by atoms with E-state index in [1.54, 1.807) is 0 Å². The van der Waals surface area contributed by atoms with E-state index in [-0.39, 0.29) is 17.2 Å². The average Bonchev–Trinajstić information content (AvgIpc) is 3.60. The lowest BCUT2D eigenvalue weighted by molar-refractivity contribution is -0.117. The number of carbonyl (C=O) groups is 2. The average molecular weight is 530 g/mol. The van der Waals surface area contributed by atoms with E-state index in [4.69, 9.17) is 4.98 Å². The van der Waals surface area contributed by atoms with E-state index in [2.05, 4.69) is 93.6 Å². The van der Waals surface area contributed by atoms with Crippen molar-refractivity contribution < 1.29 is 9.59 Å². The Kier molecular flexibility index (Phi) is 6.75. The van der Waals surface area contributed by atoms with Gasteiger partial charge in [0.25, 0.3) is 0 Å². The molecule has 2 fully saturated rings. The van der Waals surface area contributed by atoms with Crippen molar-refractivity contribution in [2.24, 2.45) is 0 Å². The summed E-state index contributed by atoms with van der Waals surface area (Å²) in [6, 6.07) is 27.3. The van der Waals surface area contributed by atoms with Crippen molar-refractivity contribution in [2.75, 3.05) is 22.9 Å². The second-order valence-corrected chi connectivity index (χ2v) is 11.8. The van der Waals surface area contributed by atoms with Gasteiger partial charge in [-0.3, -0.25) is 14.6 Å². The molecule has 3 heterocycles. The summed E-state index contributed by atoms with van der Waals surface area (Å²) >= 11 is 0. The van der Waals surface area contributed by atoms with E-state index in [9.17, 15) is 9.59 Å². The molecular weight excluding hydrogens is 494 g/mol. The van der Waals surface area contributed by atoms with E-state index < -0.39 is 0 Å². The summed E-state index contributed by atoms with van der Waals surface area (Å²) in [6.45, 7) is 8.15. The van der Waals surface area contributed by atoms with Crippen LogP contribution in [0.15, 0.2) is 85.1 Å². The van der Waals surface area contributed by atoms with Crippen LogP contribution in [-0.4, -0.2) is 29.9 Å². The highest BCUT2D eigenvalue weighted by molar-refractivity contribution is 6.00. The minimum absolute atomic E-state index is 0.0480. The predicted octanol–water partition coefficient (Wildman–Crippen LogP) is 7.63. The minimum atomic E-state index is 0.0480. The molecule has 0 atom stereocenters. The Bertz CT molecular complexity index is 1520. The van der Waals surface area contributed by atoms with Crippen LogP contribution in [0.2, 0.25) is 0 Å². The van der Waals surface area contributed by atoms with Crippen LogP contribution in [0, 0.1) is 0 Å². The standard InChI is InChI=1S/C35H35N3O2/c1-35(2,3)31-9-5-4-8-30(31)26-16-17-32(36-23-26)25-14-12-24(13-15-25)27-20-28(37-18-6-10-33(37)39)22-29(21-27)38-19-7-11-34(38)40/h4-5,8-9,12-17,20-23H,6-7,10-11,18-19H2,1-3H3. The first-order chi connectivity index (χ1) is 19.3. The number of amides is 2. The molecule has 2 saturated heterocycles. The Morgan fingerprint density at radius 3 is 1.75 bits per heavy atom. The van der Waals surface area contributed by atoms with Crippen LogP contribution in [0.25, 0.3) is 33.5 Å². The molecule has 2 aliphatic heterocycles. The molecule has 5 heteroatoms. The molecule has 4 aromatic rings. The summed E-state index contributed by atoms with van der Waals surface area (Å²) < 4.78 is 0. The second kappa shape index (κ2) is 10.4. The van der Waals surface area contributed by atoms with Crippen LogP contribution in [0.4, 0.5) is 11.4 Å². The zero-order chi connectivity index (χ0) is 27.9. The number of nitrogens with zero attached hydrogens (tertiary/aromatic N) is 3. The molecule has 0 saturated carbocycles. The summed E-state index contributed by atoms with van der Waals surface area (Å²) in [5.74, 6) is 0.289. The molecule has 2 aliphatic rings. The molecule has 0 N–H and O–H groups in total. The highest BCUT2D eigenvalue weighted by Gasteiger charge is 2.26. The Morgan fingerprint density at radius 2 is 1.23 bits per heavy atom. The minimum Gasteiger partial charge on any atom is -0.312 e. The van der Waals surface area contributed by atoms with E-state index in [0.717, 1.165) is 65.3 Å². The van der Waals surface area contributed by atoms with Crippen LogP contribution in [0.3, 0.4) is 0 Å². The quantitative estimate of drug-likeness (QED) is 0.267. The highest BCUT2D eigenvalue weighted by Crippen LogP contribution is 2.36. The van der Waals surface area contributed by atoms with Crippen LogP contribution in [0.5, 0.6) is 0 Å². The molecule has 3 aromatic carbocycles. The first-order valence-electron chi connectivity index (χ1n) is 14.2. The van der Waals surface area contributed by atoms with Gasteiger partial charge in [0.2, 0.25) is 11.8 Å². The monoisotopic (exact) mass is 529 g/mol. The van der Waals surface area contributed by atoms with Crippen LogP contribution < -0.4 is 9.80 Å². The molecule has 1 aromatic heterocycles. The van der Waals surface area contributed by atoms with Crippen molar-refractivity contribution in [1.29, 1.82) is 0 Å². The van der Waals surface area contributed by atoms with Gasteiger partial charge in [0.05, 0.1) is 5.69 Å². The zero-order valence-electron chi connectivity index (χ0n) is 23.5. The number of hydrogen-bond donors (Lipinski definition) is 0. The van der Waals surface area contributed by atoms with E-state index in [1.165, 1.54) is 11.1 Å². The maximum Gasteiger partial charge on any atom is 0.227 e. The molecule has 0 radical (unpaired) electrons. The summed E-state index contributed by atoms with van der Waals surface area (Å²) in [6.07, 6.45) is 4.84. The van der Waals surface area contributed by atoms with Crippen molar-refractivity contribution >= 4 is 23.2 Å². The zero-order valence-corrected chi connectivity index (χ0v) is 23.5. The van der Waals surface area contributed by atoms with Gasteiger partial charge in [-0.05, 0) is 64.8 Å². The second-order valence-electron chi connectivity index (χ2n) is 11.8. The Hall–Kier alpha value is -4.25. The van der Waals surface area contributed by atoms with Gasteiger partial charge in [0, 0.05) is 54.6 Å². The van der Waals surface area contributed by atoms with E-state index >= 15 is 0 Å². The van der Waals surface area contributed by atoms with E-state index in [1.807, 2.05) is 22.1 Å². The molecule has 0 unspecified atom stereocenters. The Morgan fingerprint density at radius 1 is 0.650 bits per heavy atom. The van der Waals surface area contributed by atoms with E-state index in [0.29, 0.717) is 12.8 Å². The first-order valence-corrected chi connectivity index (χ1v) is 14.2. The Balaban J connectivity index is 1.30. The summed E-state index contributed by atoms with van der Waals surface area (Å²) in [5, 5.41) is 0. The lowest BCUT2D eigenvalue weighted by atomic mass is 9.82. The number of benzene rings is 3. The van der Waals surface area contributed by atoms with Crippen molar-refractivity contribution in [3.05, 3.63) is 90.6 Å². The molecular formula is C35H35N3O2. The molecule has 6 rings (SSSR count). The number of carbonyl (C=O) groups excluding carboxylic acids is 2. The third kappa shape index (κ3) is 5.04. The fourth-order valence-corrected chi connectivity index (χ4v) is 5.86.